The number of H-pyrrole nitrogens is 1. The lowest BCUT2D eigenvalue weighted by atomic mass is 10.1. The molecule has 3 nitrogen and oxygen atoms in total. The minimum atomic E-state index is -4.66. The van der Waals surface area contributed by atoms with E-state index in [1.807, 2.05) is 0 Å². The summed E-state index contributed by atoms with van der Waals surface area (Å²) in [6.45, 7) is 0. The molecule has 8 heteroatoms. The first-order valence-corrected chi connectivity index (χ1v) is 5.20. The molecule has 0 amide bonds. The van der Waals surface area contributed by atoms with Crippen LogP contribution in [-0.4, -0.2) is 14.8 Å². The summed E-state index contributed by atoms with van der Waals surface area (Å²) in [7, 11) is 1.48. The van der Waals surface area contributed by atoms with Crippen LogP contribution in [-0.2, 0) is 13.2 Å². The number of halogens is 4. The molecular weight excluding hydrogens is 270 g/mol. The first kappa shape index (κ1) is 12.7. The lowest BCUT2D eigenvalue weighted by molar-refractivity contribution is -0.137. The van der Waals surface area contributed by atoms with Crippen LogP contribution in [0.5, 0.6) is 0 Å². The van der Waals surface area contributed by atoms with Crippen molar-refractivity contribution in [2.24, 2.45) is 7.05 Å². The van der Waals surface area contributed by atoms with Gasteiger partial charge in [0.15, 0.2) is 10.6 Å². The third kappa shape index (κ3) is 2.15. The lowest BCUT2D eigenvalue weighted by Gasteiger charge is -2.12. The monoisotopic (exact) mass is 277 g/mol. The fourth-order valence-electron chi connectivity index (χ4n) is 1.53. The molecule has 0 aliphatic rings. The number of rotatable bonds is 1. The van der Waals surface area contributed by atoms with Crippen LogP contribution in [0.2, 0.25) is 0 Å². The summed E-state index contributed by atoms with van der Waals surface area (Å²) >= 11 is 4.83. The van der Waals surface area contributed by atoms with E-state index in [4.69, 9.17) is 12.2 Å². The number of hydrogen-bond acceptors (Lipinski definition) is 2. The Bertz CT molecular complexity index is 641. The minimum Gasteiger partial charge on any atom is -0.303 e. The summed E-state index contributed by atoms with van der Waals surface area (Å²) in [6.07, 6.45) is -4.66. The first-order valence-electron chi connectivity index (χ1n) is 4.79. The van der Waals surface area contributed by atoms with Crippen LogP contribution in [0, 0.1) is 10.6 Å². The fraction of sp³-hybridized carbons (Fsp3) is 0.200. The Kier molecular flexibility index (Phi) is 2.97. The third-order valence-corrected chi connectivity index (χ3v) is 2.77. The van der Waals surface area contributed by atoms with Crippen LogP contribution < -0.4 is 0 Å². The fourth-order valence-corrected chi connectivity index (χ4v) is 1.67. The van der Waals surface area contributed by atoms with Gasteiger partial charge in [-0.3, -0.25) is 5.10 Å². The molecule has 2 rings (SSSR count). The SMILES string of the molecule is Cn1c(-c2ccc(F)cc2C(F)(F)F)n[nH]c1=S. The lowest BCUT2D eigenvalue weighted by Crippen LogP contribution is -2.09. The highest BCUT2D eigenvalue weighted by molar-refractivity contribution is 7.71. The van der Waals surface area contributed by atoms with E-state index in [2.05, 4.69) is 10.2 Å². The molecule has 1 aromatic carbocycles. The number of hydrogen-bond donors (Lipinski definition) is 1. The Morgan fingerprint density at radius 3 is 2.50 bits per heavy atom. The number of nitrogens with one attached hydrogen (secondary N) is 1. The molecule has 18 heavy (non-hydrogen) atoms. The average Bonchev–Trinajstić information content (AvgIpc) is 2.59. The second kappa shape index (κ2) is 4.20. The van der Waals surface area contributed by atoms with E-state index in [1.165, 1.54) is 11.6 Å². The number of aromatic amines is 1. The van der Waals surface area contributed by atoms with Crippen LogP contribution in [0.3, 0.4) is 0 Å². The van der Waals surface area contributed by atoms with Crippen molar-refractivity contribution in [3.8, 4) is 11.4 Å². The van der Waals surface area contributed by atoms with Gasteiger partial charge in [0.05, 0.1) is 5.56 Å². The normalized spacial score (nSPS) is 11.8. The molecule has 0 unspecified atom stereocenters. The number of alkyl halides is 3. The maximum atomic E-state index is 12.9. The first-order chi connectivity index (χ1) is 8.30. The molecule has 0 atom stereocenters. The van der Waals surface area contributed by atoms with Crippen LogP contribution in [0.1, 0.15) is 5.56 Å². The van der Waals surface area contributed by atoms with E-state index in [0.717, 1.165) is 12.1 Å². The molecule has 0 radical (unpaired) electrons. The van der Waals surface area contributed by atoms with Crippen LogP contribution >= 0.6 is 12.2 Å². The molecule has 0 spiro atoms. The Hall–Kier alpha value is -1.70. The van der Waals surface area contributed by atoms with Crippen molar-refractivity contribution in [3.63, 3.8) is 0 Å². The van der Waals surface area contributed by atoms with Crippen molar-refractivity contribution in [3.05, 3.63) is 34.4 Å². The maximum absolute atomic E-state index is 12.9. The largest absolute Gasteiger partial charge is 0.417 e. The summed E-state index contributed by atoms with van der Waals surface area (Å²) in [5.74, 6) is -0.949. The van der Waals surface area contributed by atoms with E-state index in [9.17, 15) is 17.6 Å². The highest BCUT2D eigenvalue weighted by Gasteiger charge is 2.35. The van der Waals surface area contributed by atoms with Gasteiger partial charge in [-0.05, 0) is 30.4 Å². The zero-order valence-electron chi connectivity index (χ0n) is 9.05. The number of nitrogens with zero attached hydrogens (tertiary/aromatic N) is 2. The highest BCUT2D eigenvalue weighted by Crippen LogP contribution is 2.36. The van der Waals surface area contributed by atoms with E-state index < -0.39 is 17.6 Å². The molecule has 0 aliphatic heterocycles. The zero-order valence-corrected chi connectivity index (χ0v) is 9.86. The van der Waals surface area contributed by atoms with Crippen LogP contribution in [0.25, 0.3) is 11.4 Å². The molecule has 0 aliphatic carbocycles. The predicted molar refractivity (Wildman–Crippen MR) is 58.8 cm³/mol. The van der Waals surface area contributed by atoms with Gasteiger partial charge in [0.2, 0.25) is 0 Å². The second-order valence-electron chi connectivity index (χ2n) is 3.60. The molecule has 0 saturated heterocycles. The van der Waals surface area contributed by atoms with E-state index in [0.29, 0.717) is 6.07 Å². The summed E-state index contributed by atoms with van der Waals surface area (Å²) in [5.41, 5.74) is -1.31. The maximum Gasteiger partial charge on any atom is 0.417 e. The summed E-state index contributed by atoms with van der Waals surface area (Å²) < 4.78 is 52.9. The second-order valence-corrected chi connectivity index (χ2v) is 3.99. The zero-order chi connectivity index (χ0) is 13.5. The van der Waals surface area contributed by atoms with Gasteiger partial charge in [-0.25, -0.2) is 4.39 Å². The number of aromatic nitrogens is 3. The summed E-state index contributed by atoms with van der Waals surface area (Å²) in [4.78, 5) is 0. The van der Waals surface area contributed by atoms with Gasteiger partial charge in [-0.1, -0.05) is 0 Å². The Morgan fingerprint density at radius 2 is 2.00 bits per heavy atom. The van der Waals surface area contributed by atoms with Crippen LogP contribution in [0.4, 0.5) is 17.6 Å². The Morgan fingerprint density at radius 1 is 1.33 bits per heavy atom. The molecule has 1 heterocycles. The summed E-state index contributed by atoms with van der Waals surface area (Å²) in [6, 6.07) is 2.42. The predicted octanol–water partition coefficient (Wildman–Crippen LogP) is 3.30. The average molecular weight is 277 g/mol. The van der Waals surface area contributed by atoms with Gasteiger partial charge in [0, 0.05) is 12.6 Å². The molecule has 0 saturated carbocycles. The van der Waals surface area contributed by atoms with Gasteiger partial charge in [-0.2, -0.15) is 18.3 Å². The molecule has 1 aromatic heterocycles. The Labute approximate surface area is 104 Å². The molecule has 96 valence electrons. The highest BCUT2D eigenvalue weighted by atomic mass is 32.1. The van der Waals surface area contributed by atoms with Crippen molar-refractivity contribution < 1.29 is 17.6 Å². The van der Waals surface area contributed by atoms with E-state index in [-0.39, 0.29) is 16.2 Å². The van der Waals surface area contributed by atoms with Gasteiger partial charge >= 0.3 is 6.18 Å². The van der Waals surface area contributed by atoms with E-state index >= 15 is 0 Å². The van der Waals surface area contributed by atoms with Gasteiger partial charge in [0.1, 0.15) is 5.82 Å². The van der Waals surface area contributed by atoms with Crippen molar-refractivity contribution in [2.75, 3.05) is 0 Å². The van der Waals surface area contributed by atoms with Crippen molar-refractivity contribution in [2.45, 2.75) is 6.18 Å². The van der Waals surface area contributed by atoms with Gasteiger partial charge in [-0.15, -0.1) is 0 Å². The van der Waals surface area contributed by atoms with Crippen molar-refractivity contribution >= 4 is 12.2 Å². The smallest absolute Gasteiger partial charge is 0.303 e. The molecule has 0 bridgehead atoms. The third-order valence-electron chi connectivity index (χ3n) is 2.41. The van der Waals surface area contributed by atoms with Crippen molar-refractivity contribution in [1.29, 1.82) is 0 Å². The molecule has 2 aromatic rings. The Balaban J connectivity index is 2.72. The quantitative estimate of drug-likeness (QED) is 0.641. The van der Waals surface area contributed by atoms with Crippen LogP contribution in [0.15, 0.2) is 18.2 Å². The molecular formula is C10H7F4N3S. The van der Waals surface area contributed by atoms with E-state index in [1.54, 1.807) is 0 Å². The number of benzene rings is 1. The van der Waals surface area contributed by atoms with Gasteiger partial charge in [0.25, 0.3) is 0 Å². The molecule has 0 fully saturated rings. The van der Waals surface area contributed by atoms with Gasteiger partial charge < -0.3 is 4.57 Å². The topological polar surface area (TPSA) is 33.6 Å². The summed E-state index contributed by atoms with van der Waals surface area (Å²) in [5, 5.41) is 6.10. The standard InChI is InChI=1S/C10H7F4N3S/c1-17-8(15-16-9(17)18)6-3-2-5(11)4-7(6)10(12,13)14/h2-4H,1H3,(H,16,18). The molecule has 1 N–H and O–H groups in total. The minimum absolute atomic E-state index is 0.00678. The van der Waals surface area contributed by atoms with Crippen molar-refractivity contribution in [1.82, 2.24) is 14.8 Å².